The molecule has 0 unspecified atom stereocenters. The average molecular weight is 365 g/mol. The molecule has 0 radical (unpaired) electrons. The molecule has 2 aromatic rings. The standard InChI is InChI=1S/C15H15N3O6S/c1-8-4-12(25(20,21)22)11(23-2)5-10(8)18-7-9(6-16)13(17)14(18)15(19)24-3/h4-5,7H,17H2,1-3H3,(H,20,21,22). The summed E-state index contributed by atoms with van der Waals surface area (Å²) >= 11 is 0. The van der Waals surface area contributed by atoms with Gasteiger partial charge in [0.05, 0.1) is 31.2 Å². The maximum atomic E-state index is 12.1. The summed E-state index contributed by atoms with van der Waals surface area (Å²) in [4.78, 5) is 11.6. The van der Waals surface area contributed by atoms with Gasteiger partial charge in [0.25, 0.3) is 10.1 Å². The number of ether oxygens (including phenoxy) is 2. The molecule has 0 amide bonds. The van der Waals surface area contributed by atoms with Crippen LogP contribution in [0.4, 0.5) is 5.69 Å². The highest BCUT2D eigenvalue weighted by atomic mass is 32.2. The van der Waals surface area contributed by atoms with Crippen molar-refractivity contribution in [2.45, 2.75) is 11.8 Å². The van der Waals surface area contributed by atoms with Gasteiger partial charge in [0.15, 0.2) is 5.69 Å². The van der Waals surface area contributed by atoms with E-state index in [9.17, 15) is 17.8 Å². The Morgan fingerprint density at radius 3 is 2.48 bits per heavy atom. The van der Waals surface area contributed by atoms with Gasteiger partial charge in [0.1, 0.15) is 16.7 Å². The van der Waals surface area contributed by atoms with Crippen LogP contribution in [0.1, 0.15) is 21.6 Å². The van der Waals surface area contributed by atoms with Crippen LogP contribution in [-0.4, -0.2) is 37.7 Å². The van der Waals surface area contributed by atoms with Crippen LogP contribution in [0.25, 0.3) is 5.69 Å². The number of nitrogens with two attached hydrogens (primary N) is 1. The predicted molar refractivity (Wildman–Crippen MR) is 87.3 cm³/mol. The Kier molecular flexibility index (Phi) is 4.73. The molecule has 132 valence electrons. The van der Waals surface area contributed by atoms with Crippen molar-refractivity contribution in [1.82, 2.24) is 4.57 Å². The molecule has 0 fully saturated rings. The SMILES string of the molecule is COC(=O)c1c(N)c(C#N)cn1-c1cc(OC)c(S(=O)(=O)O)cc1C. The van der Waals surface area contributed by atoms with Crippen molar-refractivity contribution in [3.05, 3.63) is 35.2 Å². The molecule has 1 heterocycles. The number of hydrogen-bond donors (Lipinski definition) is 2. The van der Waals surface area contributed by atoms with Crippen LogP contribution in [0.2, 0.25) is 0 Å². The lowest BCUT2D eigenvalue weighted by Crippen LogP contribution is -2.12. The molecule has 1 aromatic heterocycles. The number of rotatable bonds is 4. The Labute approximate surface area is 143 Å². The minimum Gasteiger partial charge on any atom is -0.495 e. The lowest BCUT2D eigenvalue weighted by molar-refractivity contribution is 0.0593. The summed E-state index contributed by atoms with van der Waals surface area (Å²) in [6.07, 6.45) is 1.33. The van der Waals surface area contributed by atoms with Crippen LogP contribution in [0.15, 0.2) is 23.2 Å². The topological polar surface area (TPSA) is 145 Å². The lowest BCUT2D eigenvalue weighted by atomic mass is 10.2. The van der Waals surface area contributed by atoms with Gasteiger partial charge in [-0.3, -0.25) is 4.55 Å². The molecule has 2 rings (SSSR count). The first-order valence-electron chi connectivity index (χ1n) is 6.81. The fourth-order valence-corrected chi connectivity index (χ4v) is 3.10. The predicted octanol–water partition coefficient (Wildman–Crippen LogP) is 1.28. The van der Waals surface area contributed by atoms with E-state index in [2.05, 4.69) is 0 Å². The summed E-state index contributed by atoms with van der Waals surface area (Å²) in [6.45, 7) is 1.56. The molecule has 0 saturated carbocycles. The van der Waals surface area contributed by atoms with E-state index in [0.29, 0.717) is 11.3 Å². The second kappa shape index (κ2) is 6.46. The lowest BCUT2D eigenvalue weighted by Gasteiger charge is -2.15. The van der Waals surface area contributed by atoms with Gasteiger partial charge in [-0.1, -0.05) is 0 Å². The average Bonchev–Trinajstić information content (AvgIpc) is 2.89. The number of anilines is 1. The minimum absolute atomic E-state index is 0.0534. The Bertz CT molecular complexity index is 1000. The van der Waals surface area contributed by atoms with Crippen molar-refractivity contribution < 1.29 is 27.2 Å². The maximum Gasteiger partial charge on any atom is 0.357 e. The summed E-state index contributed by atoms with van der Waals surface area (Å²) in [5, 5.41) is 9.15. The number of carbonyl (C=O) groups excluding carboxylic acids is 1. The van der Waals surface area contributed by atoms with E-state index in [4.69, 9.17) is 20.5 Å². The highest BCUT2D eigenvalue weighted by molar-refractivity contribution is 7.86. The second-order valence-corrected chi connectivity index (χ2v) is 6.43. The Balaban J connectivity index is 2.84. The zero-order valence-electron chi connectivity index (χ0n) is 13.6. The largest absolute Gasteiger partial charge is 0.495 e. The van der Waals surface area contributed by atoms with Crippen molar-refractivity contribution in [3.63, 3.8) is 0 Å². The van der Waals surface area contributed by atoms with Crippen molar-refractivity contribution in [1.29, 1.82) is 5.26 Å². The molecule has 9 nitrogen and oxygen atoms in total. The molecule has 0 aliphatic rings. The number of aromatic nitrogens is 1. The van der Waals surface area contributed by atoms with Gasteiger partial charge in [-0.15, -0.1) is 0 Å². The van der Waals surface area contributed by atoms with Gasteiger partial charge in [-0.2, -0.15) is 13.7 Å². The van der Waals surface area contributed by atoms with Crippen molar-refractivity contribution in [2.24, 2.45) is 0 Å². The van der Waals surface area contributed by atoms with Crippen LogP contribution in [0.3, 0.4) is 0 Å². The molecule has 3 N–H and O–H groups in total. The molecule has 0 bridgehead atoms. The summed E-state index contributed by atoms with van der Waals surface area (Å²) in [7, 11) is -2.11. The highest BCUT2D eigenvalue weighted by Crippen LogP contribution is 2.32. The van der Waals surface area contributed by atoms with Crippen LogP contribution >= 0.6 is 0 Å². The Morgan fingerprint density at radius 1 is 1.36 bits per heavy atom. The minimum atomic E-state index is -4.51. The Hall–Kier alpha value is -3.03. The molecule has 0 spiro atoms. The summed E-state index contributed by atoms with van der Waals surface area (Å²) in [5.41, 5.74) is 6.47. The smallest absolute Gasteiger partial charge is 0.357 e. The van der Waals surface area contributed by atoms with E-state index in [-0.39, 0.29) is 22.7 Å². The number of nitriles is 1. The number of carbonyl (C=O) groups is 1. The van der Waals surface area contributed by atoms with Crippen LogP contribution < -0.4 is 10.5 Å². The van der Waals surface area contributed by atoms with Gasteiger partial charge < -0.3 is 19.8 Å². The van der Waals surface area contributed by atoms with Gasteiger partial charge in [0.2, 0.25) is 0 Å². The monoisotopic (exact) mass is 365 g/mol. The van der Waals surface area contributed by atoms with Crippen molar-refractivity contribution in [3.8, 4) is 17.5 Å². The van der Waals surface area contributed by atoms with Gasteiger partial charge in [-0.25, -0.2) is 4.79 Å². The van der Waals surface area contributed by atoms with Crippen LogP contribution in [0, 0.1) is 18.3 Å². The first-order valence-corrected chi connectivity index (χ1v) is 8.25. The third-order valence-corrected chi connectivity index (χ3v) is 4.44. The molecule has 25 heavy (non-hydrogen) atoms. The molecular weight excluding hydrogens is 350 g/mol. The number of esters is 1. The quantitative estimate of drug-likeness (QED) is 0.609. The summed E-state index contributed by atoms with van der Waals surface area (Å²) in [5.74, 6) is -0.902. The van der Waals surface area contributed by atoms with E-state index >= 15 is 0 Å². The van der Waals surface area contributed by atoms with E-state index in [1.165, 1.54) is 37.1 Å². The van der Waals surface area contributed by atoms with Crippen molar-refractivity contribution in [2.75, 3.05) is 20.0 Å². The zero-order chi connectivity index (χ0) is 18.9. The van der Waals surface area contributed by atoms with E-state index < -0.39 is 21.0 Å². The number of nitrogens with zero attached hydrogens (tertiary/aromatic N) is 2. The summed E-state index contributed by atoms with van der Waals surface area (Å²) < 4.78 is 43.3. The van der Waals surface area contributed by atoms with E-state index in [0.717, 1.165) is 0 Å². The second-order valence-electron chi connectivity index (χ2n) is 5.04. The fraction of sp³-hybridized carbons (Fsp3) is 0.200. The Morgan fingerprint density at radius 2 is 2.00 bits per heavy atom. The normalized spacial score (nSPS) is 11.0. The van der Waals surface area contributed by atoms with E-state index in [1.54, 1.807) is 6.92 Å². The third-order valence-electron chi connectivity index (χ3n) is 3.56. The third kappa shape index (κ3) is 3.15. The molecule has 0 saturated heterocycles. The molecule has 10 heteroatoms. The van der Waals surface area contributed by atoms with Gasteiger partial charge in [-0.05, 0) is 18.6 Å². The van der Waals surface area contributed by atoms with Gasteiger partial charge in [0, 0.05) is 12.3 Å². The molecule has 1 aromatic carbocycles. The number of hydrogen-bond acceptors (Lipinski definition) is 7. The number of aryl methyl sites for hydroxylation is 1. The van der Waals surface area contributed by atoms with Crippen molar-refractivity contribution >= 4 is 21.8 Å². The first kappa shape index (κ1) is 18.3. The first-order chi connectivity index (χ1) is 11.6. The van der Waals surface area contributed by atoms with E-state index in [1.807, 2.05) is 6.07 Å². The number of benzene rings is 1. The summed E-state index contributed by atoms with van der Waals surface area (Å²) in [6, 6.07) is 4.37. The molecule has 0 atom stereocenters. The maximum absolute atomic E-state index is 12.1. The van der Waals surface area contributed by atoms with Gasteiger partial charge >= 0.3 is 5.97 Å². The zero-order valence-corrected chi connectivity index (χ0v) is 14.4. The van der Waals surface area contributed by atoms with Crippen LogP contribution in [0.5, 0.6) is 5.75 Å². The fourth-order valence-electron chi connectivity index (χ4n) is 2.38. The number of methoxy groups -OCH3 is 2. The molecular formula is C15H15N3O6S. The molecule has 0 aliphatic heterocycles. The highest BCUT2D eigenvalue weighted by Gasteiger charge is 2.25. The molecule has 0 aliphatic carbocycles. The number of nitrogen functional groups attached to an aromatic ring is 1. The van der Waals surface area contributed by atoms with Crippen LogP contribution in [-0.2, 0) is 14.9 Å².